The Balaban J connectivity index is 2.28. The largest absolute Gasteiger partial charge is 0.330 e. The van der Waals surface area contributed by atoms with Gasteiger partial charge < -0.3 is 10.6 Å². The molecule has 1 aliphatic rings. The van der Waals surface area contributed by atoms with E-state index in [2.05, 4.69) is 32.8 Å². The Morgan fingerprint density at radius 1 is 1.25 bits per heavy atom. The van der Waals surface area contributed by atoms with E-state index in [1.54, 1.807) is 0 Å². The Kier molecular flexibility index (Phi) is 2.79. The van der Waals surface area contributed by atoms with Crippen LogP contribution in [-0.4, -0.2) is 32.1 Å². The zero-order valence-corrected chi connectivity index (χ0v) is 8.80. The smallest absolute Gasteiger partial charge is 0.00219 e. The van der Waals surface area contributed by atoms with Crippen molar-refractivity contribution in [1.29, 1.82) is 0 Å². The molecule has 1 aliphatic carbocycles. The van der Waals surface area contributed by atoms with Gasteiger partial charge in [0.25, 0.3) is 0 Å². The van der Waals surface area contributed by atoms with Gasteiger partial charge >= 0.3 is 0 Å². The SMILES string of the molecule is CN(C)CC[C@@H]1[C@@H](CN)C1(C)C. The van der Waals surface area contributed by atoms with Crippen molar-refractivity contribution in [2.24, 2.45) is 23.0 Å². The van der Waals surface area contributed by atoms with Crippen LogP contribution in [0.4, 0.5) is 0 Å². The molecule has 2 atom stereocenters. The Hall–Kier alpha value is -0.0800. The molecule has 1 rings (SSSR count). The summed E-state index contributed by atoms with van der Waals surface area (Å²) in [5, 5.41) is 0. The van der Waals surface area contributed by atoms with Crippen LogP contribution in [0.2, 0.25) is 0 Å². The summed E-state index contributed by atoms with van der Waals surface area (Å²) in [7, 11) is 4.26. The van der Waals surface area contributed by atoms with Crippen molar-refractivity contribution in [2.45, 2.75) is 20.3 Å². The van der Waals surface area contributed by atoms with Crippen molar-refractivity contribution >= 4 is 0 Å². The normalized spacial score (nSPS) is 32.5. The average molecular weight is 170 g/mol. The van der Waals surface area contributed by atoms with Gasteiger partial charge in [0.2, 0.25) is 0 Å². The third-order valence-electron chi connectivity index (χ3n) is 3.43. The summed E-state index contributed by atoms with van der Waals surface area (Å²) in [4.78, 5) is 2.25. The van der Waals surface area contributed by atoms with E-state index >= 15 is 0 Å². The summed E-state index contributed by atoms with van der Waals surface area (Å²) < 4.78 is 0. The molecule has 0 unspecified atom stereocenters. The minimum absolute atomic E-state index is 0.519. The molecule has 2 N–H and O–H groups in total. The van der Waals surface area contributed by atoms with Crippen LogP contribution in [0.5, 0.6) is 0 Å². The maximum absolute atomic E-state index is 5.69. The van der Waals surface area contributed by atoms with Gasteiger partial charge in [0.15, 0.2) is 0 Å². The Morgan fingerprint density at radius 2 is 1.83 bits per heavy atom. The monoisotopic (exact) mass is 170 g/mol. The predicted molar refractivity (Wildman–Crippen MR) is 53.0 cm³/mol. The third kappa shape index (κ3) is 1.80. The fourth-order valence-corrected chi connectivity index (χ4v) is 2.30. The van der Waals surface area contributed by atoms with E-state index in [0.717, 1.165) is 18.4 Å². The predicted octanol–water partition coefficient (Wildman–Crippen LogP) is 1.17. The van der Waals surface area contributed by atoms with Crippen LogP contribution in [-0.2, 0) is 0 Å². The van der Waals surface area contributed by atoms with E-state index in [4.69, 9.17) is 5.73 Å². The molecule has 1 saturated carbocycles. The number of nitrogens with two attached hydrogens (primary N) is 1. The maximum Gasteiger partial charge on any atom is -0.00219 e. The molecule has 0 aliphatic heterocycles. The standard InChI is InChI=1S/C10H22N2/c1-10(2)8(9(10)7-11)5-6-12(3)4/h8-9H,5-7,11H2,1-4H3/t8-,9-/m1/s1. The summed E-state index contributed by atoms with van der Waals surface area (Å²) in [5.41, 5.74) is 6.21. The van der Waals surface area contributed by atoms with Crippen molar-refractivity contribution in [3.8, 4) is 0 Å². The number of hydrogen-bond acceptors (Lipinski definition) is 2. The summed E-state index contributed by atoms with van der Waals surface area (Å²) in [5.74, 6) is 1.64. The van der Waals surface area contributed by atoms with E-state index in [1.165, 1.54) is 13.0 Å². The van der Waals surface area contributed by atoms with Gasteiger partial charge in [-0.05, 0) is 50.9 Å². The van der Waals surface area contributed by atoms with Crippen LogP contribution in [0.25, 0.3) is 0 Å². The highest BCUT2D eigenvalue weighted by Gasteiger charge is 2.55. The first-order valence-corrected chi connectivity index (χ1v) is 4.85. The van der Waals surface area contributed by atoms with E-state index < -0.39 is 0 Å². The molecule has 0 heterocycles. The van der Waals surface area contributed by atoms with Crippen LogP contribution >= 0.6 is 0 Å². The zero-order valence-electron chi connectivity index (χ0n) is 8.80. The quantitative estimate of drug-likeness (QED) is 0.686. The molecule has 2 heteroatoms. The topological polar surface area (TPSA) is 29.3 Å². The highest BCUT2D eigenvalue weighted by atomic mass is 15.0. The molecule has 0 aromatic rings. The van der Waals surface area contributed by atoms with Gasteiger partial charge in [0.05, 0.1) is 0 Å². The van der Waals surface area contributed by atoms with E-state index in [-0.39, 0.29) is 0 Å². The fraction of sp³-hybridized carbons (Fsp3) is 1.00. The summed E-state index contributed by atoms with van der Waals surface area (Å²) in [6.45, 7) is 6.74. The van der Waals surface area contributed by atoms with Crippen LogP contribution < -0.4 is 5.73 Å². The van der Waals surface area contributed by atoms with E-state index in [0.29, 0.717) is 5.41 Å². The molecule has 72 valence electrons. The Bertz CT molecular complexity index is 152. The lowest BCUT2D eigenvalue weighted by Crippen LogP contribution is -2.14. The average Bonchev–Trinajstić information content (AvgIpc) is 2.48. The lowest BCUT2D eigenvalue weighted by atomic mass is 10.1. The van der Waals surface area contributed by atoms with Crippen molar-refractivity contribution in [3.63, 3.8) is 0 Å². The van der Waals surface area contributed by atoms with E-state index in [1.807, 2.05) is 0 Å². The molecular formula is C10H22N2. The van der Waals surface area contributed by atoms with E-state index in [9.17, 15) is 0 Å². The molecule has 2 nitrogen and oxygen atoms in total. The number of rotatable bonds is 4. The van der Waals surface area contributed by atoms with Crippen molar-refractivity contribution < 1.29 is 0 Å². The Labute approximate surface area is 76.1 Å². The lowest BCUT2D eigenvalue weighted by molar-refractivity contribution is 0.372. The highest BCUT2D eigenvalue weighted by molar-refractivity contribution is 5.05. The van der Waals surface area contributed by atoms with Crippen molar-refractivity contribution in [3.05, 3.63) is 0 Å². The number of hydrogen-bond donors (Lipinski definition) is 1. The molecule has 0 aromatic carbocycles. The first kappa shape index (κ1) is 10.0. The molecule has 0 saturated heterocycles. The third-order valence-corrected chi connectivity index (χ3v) is 3.43. The lowest BCUT2D eigenvalue weighted by Gasteiger charge is -2.09. The first-order valence-electron chi connectivity index (χ1n) is 4.85. The van der Waals surface area contributed by atoms with Gasteiger partial charge in [0.1, 0.15) is 0 Å². The van der Waals surface area contributed by atoms with Gasteiger partial charge in [0, 0.05) is 0 Å². The molecule has 1 fully saturated rings. The first-order chi connectivity index (χ1) is 5.50. The van der Waals surface area contributed by atoms with Gasteiger partial charge in [-0.3, -0.25) is 0 Å². The van der Waals surface area contributed by atoms with Crippen LogP contribution in [0.1, 0.15) is 20.3 Å². The van der Waals surface area contributed by atoms with Gasteiger partial charge in [-0.25, -0.2) is 0 Å². The molecular weight excluding hydrogens is 148 g/mol. The minimum Gasteiger partial charge on any atom is -0.330 e. The molecule has 0 amide bonds. The van der Waals surface area contributed by atoms with Crippen LogP contribution in [0.3, 0.4) is 0 Å². The maximum atomic E-state index is 5.69. The molecule has 0 bridgehead atoms. The summed E-state index contributed by atoms with van der Waals surface area (Å²) >= 11 is 0. The molecule has 0 aromatic heterocycles. The minimum atomic E-state index is 0.519. The van der Waals surface area contributed by atoms with Gasteiger partial charge in [-0.15, -0.1) is 0 Å². The Morgan fingerprint density at radius 3 is 2.17 bits per heavy atom. The molecule has 12 heavy (non-hydrogen) atoms. The summed E-state index contributed by atoms with van der Waals surface area (Å²) in [6.07, 6.45) is 1.31. The van der Waals surface area contributed by atoms with Gasteiger partial charge in [-0.2, -0.15) is 0 Å². The second-order valence-corrected chi connectivity index (χ2v) is 4.86. The zero-order chi connectivity index (χ0) is 9.35. The number of nitrogens with zero attached hydrogens (tertiary/aromatic N) is 1. The van der Waals surface area contributed by atoms with Crippen LogP contribution in [0, 0.1) is 17.3 Å². The van der Waals surface area contributed by atoms with Crippen molar-refractivity contribution in [1.82, 2.24) is 4.90 Å². The van der Waals surface area contributed by atoms with Crippen molar-refractivity contribution in [2.75, 3.05) is 27.2 Å². The second-order valence-electron chi connectivity index (χ2n) is 4.86. The second kappa shape index (κ2) is 3.35. The molecule has 0 spiro atoms. The van der Waals surface area contributed by atoms with Crippen LogP contribution in [0.15, 0.2) is 0 Å². The highest BCUT2D eigenvalue weighted by Crippen LogP contribution is 2.59. The van der Waals surface area contributed by atoms with Gasteiger partial charge in [-0.1, -0.05) is 13.8 Å². The molecule has 0 radical (unpaired) electrons. The fourth-order valence-electron chi connectivity index (χ4n) is 2.30. The summed E-state index contributed by atoms with van der Waals surface area (Å²) in [6, 6.07) is 0.